The lowest BCUT2D eigenvalue weighted by atomic mass is 9.90. The van der Waals surface area contributed by atoms with Gasteiger partial charge in [-0.1, -0.05) is 25.6 Å². The maximum atomic E-state index is 13.0. The fourth-order valence-corrected chi connectivity index (χ4v) is 4.45. The van der Waals surface area contributed by atoms with E-state index in [1.165, 1.54) is 23.1 Å². The van der Waals surface area contributed by atoms with Crippen molar-refractivity contribution in [3.8, 4) is 6.07 Å². The first-order valence-corrected chi connectivity index (χ1v) is 10.8. The van der Waals surface area contributed by atoms with E-state index in [1.807, 2.05) is 27.7 Å². The number of thioether (sulfide) groups is 1. The van der Waals surface area contributed by atoms with Crippen molar-refractivity contribution >= 4 is 39.2 Å². The zero-order chi connectivity index (χ0) is 21.1. The van der Waals surface area contributed by atoms with Crippen LogP contribution in [-0.4, -0.2) is 40.5 Å². The molecule has 0 bridgehead atoms. The molecule has 0 fully saturated rings. The van der Waals surface area contributed by atoms with Gasteiger partial charge in [-0.15, -0.1) is 11.3 Å². The largest absolute Gasteiger partial charge is 0.383 e. The number of carbonyl (C=O) groups is 1. The van der Waals surface area contributed by atoms with Crippen molar-refractivity contribution in [1.82, 2.24) is 14.9 Å². The molecule has 9 heteroatoms. The van der Waals surface area contributed by atoms with Crippen LogP contribution in [-0.2, 0) is 16.1 Å². The van der Waals surface area contributed by atoms with Gasteiger partial charge < -0.3 is 10.1 Å². The first-order chi connectivity index (χ1) is 13.1. The van der Waals surface area contributed by atoms with Crippen molar-refractivity contribution in [3.63, 3.8) is 0 Å². The Morgan fingerprint density at radius 3 is 2.71 bits per heavy atom. The van der Waals surface area contributed by atoms with Crippen LogP contribution >= 0.6 is 23.1 Å². The molecule has 1 N–H and O–H groups in total. The Morgan fingerprint density at radius 2 is 2.14 bits per heavy atom. The summed E-state index contributed by atoms with van der Waals surface area (Å²) < 4.78 is 6.69. The van der Waals surface area contributed by atoms with E-state index in [4.69, 9.17) is 4.74 Å². The minimum Gasteiger partial charge on any atom is -0.383 e. The lowest BCUT2D eigenvalue weighted by molar-refractivity contribution is -0.120. The second-order valence-electron chi connectivity index (χ2n) is 7.11. The lowest BCUT2D eigenvalue weighted by Gasteiger charge is -2.27. The zero-order valence-corrected chi connectivity index (χ0v) is 18.7. The highest BCUT2D eigenvalue weighted by molar-refractivity contribution is 7.99. The number of nitriles is 1. The molecule has 0 aliphatic heterocycles. The highest BCUT2D eigenvalue weighted by atomic mass is 32.2. The minimum absolute atomic E-state index is 0.0297. The molecule has 1 amide bonds. The summed E-state index contributed by atoms with van der Waals surface area (Å²) in [7, 11) is 1.58. The standard InChI is InChI=1S/C19H26N4O3S2/c1-11(2)19(5,10-20)22-14(24)9-27-18-21-16-15(12(3)13(4)28-16)17(25)23(18)7-8-26-6/h11H,7-9H2,1-6H3,(H,22,24)/t19-/m0/s1. The second kappa shape index (κ2) is 9.07. The fourth-order valence-electron chi connectivity index (χ4n) is 2.56. The van der Waals surface area contributed by atoms with Crippen LogP contribution in [0.15, 0.2) is 9.95 Å². The normalized spacial score (nSPS) is 13.5. The van der Waals surface area contributed by atoms with Crippen molar-refractivity contribution in [2.75, 3.05) is 19.5 Å². The maximum absolute atomic E-state index is 13.0. The molecule has 1 atom stereocenters. The molecule has 2 heterocycles. The molecule has 0 radical (unpaired) electrons. The highest BCUT2D eigenvalue weighted by Gasteiger charge is 2.30. The van der Waals surface area contributed by atoms with Gasteiger partial charge in [-0.25, -0.2) is 4.98 Å². The van der Waals surface area contributed by atoms with Crippen LogP contribution in [0.1, 0.15) is 31.2 Å². The summed E-state index contributed by atoms with van der Waals surface area (Å²) in [5, 5.41) is 13.3. The minimum atomic E-state index is -0.938. The molecule has 0 unspecified atom stereocenters. The van der Waals surface area contributed by atoms with E-state index in [-0.39, 0.29) is 23.1 Å². The number of thiophene rings is 1. The molecule has 2 aromatic heterocycles. The molecular weight excluding hydrogens is 396 g/mol. The maximum Gasteiger partial charge on any atom is 0.263 e. The Bertz CT molecular complexity index is 974. The lowest BCUT2D eigenvalue weighted by Crippen LogP contribution is -2.49. The predicted molar refractivity (Wildman–Crippen MR) is 113 cm³/mol. The quantitative estimate of drug-likeness (QED) is 0.519. The molecule has 152 valence electrons. The summed E-state index contributed by atoms with van der Waals surface area (Å²) in [6.07, 6.45) is 0. The number of aryl methyl sites for hydroxylation is 2. The fraction of sp³-hybridized carbons (Fsp3) is 0.579. The van der Waals surface area contributed by atoms with Crippen LogP contribution in [0.5, 0.6) is 0 Å². The van der Waals surface area contributed by atoms with Gasteiger partial charge in [0.1, 0.15) is 10.4 Å². The van der Waals surface area contributed by atoms with Crippen LogP contribution in [0.25, 0.3) is 10.2 Å². The molecule has 0 saturated heterocycles. The number of methoxy groups -OCH3 is 1. The molecule has 0 aromatic carbocycles. The van der Waals surface area contributed by atoms with E-state index in [0.717, 1.165) is 10.4 Å². The van der Waals surface area contributed by atoms with Gasteiger partial charge in [0.15, 0.2) is 5.16 Å². The summed E-state index contributed by atoms with van der Waals surface area (Å²) in [5.74, 6) is -0.232. The third-order valence-electron chi connectivity index (χ3n) is 4.89. The van der Waals surface area contributed by atoms with Gasteiger partial charge in [0.05, 0.1) is 30.4 Å². The summed E-state index contributed by atoms with van der Waals surface area (Å²) >= 11 is 2.67. The molecule has 0 spiro atoms. The van der Waals surface area contributed by atoms with E-state index in [9.17, 15) is 14.9 Å². The van der Waals surface area contributed by atoms with E-state index in [2.05, 4.69) is 16.4 Å². The number of fused-ring (bicyclic) bond motifs is 1. The number of nitrogens with zero attached hydrogens (tertiary/aromatic N) is 3. The average molecular weight is 423 g/mol. The molecule has 0 aliphatic carbocycles. The summed E-state index contributed by atoms with van der Waals surface area (Å²) in [5.41, 5.74) is -0.109. The zero-order valence-electron chi connectivity index (χ0n) is 17.1. The van der Waals surface area contributed by atoms with E-state index in [1.54, 1.807) is 18.6 Å². The van der Waals surface area contributed by atoms with Crippen LogP contribution in [0.2, 0.25) is 0 Å². The van der Waals surface area contributed by atoms with Gasteiger partial charge in [-0.3, -0.25) is 14.2 Å². The van der Waals surface area contributed by atoms with E-state index < -0.39 is 5.54 Å². The van der Waals surface area contributed by atoms with Crippen LogP contribution in [0.3, 0.4) is 0 Å². The van der Waals surface area contributed by atoms with Crippen LogP contribution < -0.4 is 10.9 Å². The number of hydrogen-bond acceptors (Lipinski definition) is 7. The average Bonchev–Trinajstić information content (AvgIpc) is 2.93. The van der Waals surface area contributed by atoms with Crippen LogP contribution in [0.4, 0.5) is 0 Å². The van der Waals surface area contributed by atoms with Crippen molar-refractivity contribution in [1.29, 1.82) is 5.26 Å². The van der Waals surface area contributed by atoms with Gasteiger partial charge in [0.2, 0.25) is 5.91 Å². The van der Waals surface area contributed by atoms with Crippen molar-refractivity contribution in [2.24, 2.45) is 5.92 Å². The Kier molecular flexibility index (Phi) is 7.26. The topological polar surface area (TPSA) is 97.0 Å². The third kappa shape index (κ3) is 4.57. The summed E-state index contributed by atoms with van der Waals surface area (Å²) in [6.45, 7) is 10.1. The van der Waals surface area contributed by atoms with Gasteiger partial charge >= 0.3 is 0 Å². The number of rotatable bonds is 8. The Morgan fingerprint density at radius 1 is 1.46 bits per heavy atom. The summed E-state index contributed by atoms with van der Waals surface area (Å²) in [4.78, 5) is 31.8. The number of aromatic nitrogens is 2. The third-order valence-corrected chi connectivity index (χ3v) is 6.97. The molecule has 2 aromatic rings. The smallest absolute Gasteiger partial charge is 0.263 e. The number of hydrogen-bond donors (Lipinski definition) is 1. The molecule has 2 rings (SSSR count). The molecule has 0 aliphatic rings. The summed E-state index contributed by atoms with van der Waals surface area (Å²) in [6, 6.07) is 2.16. The Balaban J connectivity index is 2.32. The van der Waals surface area contributed by atoms with Gasteiger partial charge in [0.25, 0.3) is 5.56 Å². The monoisotopic (exact) mass is 422 g/mol. The van der Waals surface area contributed by atoms with Crippen molar-refractivity contribution in [3.05, 3.63) is 20.8 Å². The molecule has 7 nitrogen and oxygen atoms in total. The van der Waals surface area contributed by atoms with Gasteiger partial charge in [-0.2, -0.15) is 5.26 Å². The number of nitrogens with one attached hydrogen (secondary N) is 1. The van der Waals surface area contributed by atoms with Crippen molar-refractivity contribution < 1.29 is 9.53 Å². The Labute approximate surface area is 173 Å². The van der Waals surface area contributed by atoms with Crippen LogP contribution in [0, 0.1) is 31.1 Å². The second-order valence-corrected chi connectivity index (χ2v) is 9.26. The molecule has 28 heavy (non-hydrogen) atoms. The number of ether oxygens (including phenoxy) is 1. The molecular formula is C19H26N4O3S2. The van der Waals surface area contributed by atoms with Crippen molar-refractivity contribution in [2.45, 2.75) is 51.9 Å². The van der Waals surface area contributed by atoms with Gasteiger partial charge in [0, 0.05) is 12.0 Å². The highest BCUT2D eigenvalue weighted by Crippen LogP contribution is 2.28. The van der Waals surface area contributed by atoms with Gasteiger partial charge in [-0.05, 0) is 32.3 Å². The predicted octanol–water partition coefficient (Wildman–Crippen LogP) is 2.87. The Hall–Kier alpha value is -1.89. The molecule has 0 saturated carbocycles. The first-order valence-electron chi connectivity index (χ1n) is 8.99. The SMILES string of the molecule is COCCn1c(SCC(=O)N[C@@](C)(C#N)C(C)C)nc2sc(C)c(C)c2c1=O. The number of carbonyl (C=O) groups excluding carboxylic acids is 1. The van der Waals surface area contributed by atoms with E-state index >= 15 is 0 Å². The number of amides is 1. The van der Waals surface area contributed by atoms with E-state index in [0.29, 0.717) is 28.5 Å². The first kappa shape index (κ1) is 22.4.